The van der Waals surface area contributed by atoms with Crippen LogP contribution in [0, 0.1) is 23.3 Å². The Kier molecular flexibility index (Phi) is 5.96. The van der Waals surface area contributed by atoms with Gasteiger partial charge in [-0.15, -0.1) is 0 Å². The predicted molar refractivity (Wildman–Crippen MR) is 93.5 cm³/mol. The molecule has 1 aliphatic heterocycles. The maximum Gasteiger partial charge on any atom is 0.256 e. The molecule has 2 amide bonds. The van der Waals surface area contributed by atoms with E-state index in [0.717, 1.165) is 6.07 Å². The number of rotatable bonds is 4. The van der Waals surface area contributed by atoms with Crippen molar-refractivity contribution in [3.05, 3.63) is 70.8 Å². The molecule has 1 aliphatic rings. The van der Waals surface area contributed by atoms with Gasteiger partial charge in [0.1, 0.15) is 5.82 Å². The molecule has 28 heavy (non-hydrogen) atoms. The van der Waals surface area contributed by atoms with Gasteiger partial charge in [-0.2, -0.15) is 0 Å². The Morgan fingerprint density at radius 2 is 1.57 bits per heavy atom. The molecule has 0 spiro atoms. The summed E-state index contributed by atoms with van der Waals surface area (Å²) >= 11 is 0. The number of carbonyl (C=O) groups excluding carboxylic acids is 2. The number of amides is 2. The number of carbonyl (C=O) groups is 2. The van der Waals surface area contributed by atoms with Crippen molar-refractivity contribution in [2.24, 2.45) is 0 Å². The van der Waals surface area contributed by atoms with Gasteiger partial charge in [-0.1, -0.05) is 12.1 Å². The lowest BCUT2D eigenvalue weighted by atomic mass is 10.0. The average molecular weight is 394 g/mol. The van der Waals surface area contributed by atoms with Gasteiger partial charge < -0.3 is 10.2 Å². The fourth-order valence-corrected chi connectivity index (χ4v) is 3.15. The van der Waals surface area contributed by atoms with E-state index in [9.17, 15) is 27.2 Å². The van der Waals surface area contributed by atoms with Crippen LogP contribution in [0.25, 0.3) is 0 Å². The third-order valence-electron chi connectivity index (χ3n) is 4.69. The second-order valence-corrected chi connectivity index (χ2v) is 6.66. The van der Waals surface area contributed by atoms with Crippen LogP contribution in [0.15, 0.2) is 36.4 Å². The molecule has 1 fully saturated rings. The van der Waals surface area contributed by atoms with Gasteiger partial charge in [0.15, 0.2) is 17.5 Å². The summed E-state index contributed by atoms with van der Waals surface area (Å²) in [5.41, 5.74) is 0.165. The van der Waals surface area contributed by atoms with Gasteiger partial charge in [0, 0.05) is 19.1 Å². The zero-order valence-corrected chi connectivity index (χ0v) is 14.9. The molecule has 2 aromatic rings. The number of hydrogen-bond donors (Lipinski definition) is 1. The minimum atomic E-state index is -1.67. The smallest absolute Gasteiger partial charge is 0.256 e. The summed E-state index contributed by atoms with van der Waals surface area (Å²) in [6, 6.07) is 7.11. The van der Waals surface area contributed by atoms with E-state index in [1.165, 1.54) is 29.2 Å². The molecule has 0 atom stereocenters. The molecule has 4 nitrogen and oxygen atoms in total. The van der Waals surface area contributed by atoms with Crippen molar-refractivity contribution < 1.29 is 27.2 Å². The Labute approximate surface area is 159 Å². The topological polar surface area (TPSA) is 49.4 Å². The van der Waals surface area contributed by atoms with Crippen LogP contribution in [-0.2, 0) is 11.2 Å². The van der Waals surface area contributed by atoms with Crippen molar-refractivity contribution >= 4 is 11.8 Å². The van der Waals surface area contributed by atoms with E-state index in [0.29, 0.717) is 24.5 Å². The minimum Gasteiger partial charge on any atom is -0.353 e. The molecule has 2 aromatic carbocycles. The standard InChI is InChI=1S/C20H18F4N2O2/c21-13-3-1-12(2-4-13)11-17(27)25-14-7-9-26(10-8-14)20(28)15-5-6-16(22)19(24)18(15)23/h1-6,14H,7-11H2,(H,25,27). The maximum absolute atomic E-state index is 13.8. The Bertz CT molecular complexity index is 879. The van der Waals surface area contributed by atoms with Crippen molar-refractivity contribution in [1.29, 1.82) is 0 Å². The minimum absolute atomic E-state index is 0.111. The van der Waals surface area contributed by atoms with E-state index in [4.69, 9.17) is 0 Å². The van der Waals surface area contributed by atoms with Crippen molar-refractivity contribution in [3.63, 3.8) is 0 Å². The number of benzene rings is 2. The first-order valence-electron chi connectivity index (χ1n) is 8.81. The molecule has 0 aromatic heterocycles. The molecular weight excluding hydrogens is 376 g/mol. The average Bonchev–Trinajstić information content (AvgIpc) is 2.68. The number of piperidine rings is 1. The van der Waals surface area contributed by atoms with Crippen LogP contribution in [0.2, 0.25) is 0 Å². The van der Waals surface area contributed by atoms with E-state index in [-0.39, 0.29) is 37.3 Å². The Morgan fingerprint density at radius 3 is 2.21 bits per heavy atom. The highest BCUT2D eigenvalue weighted by Crippen LogP contribution is 2.19. The quantitative estimate of drug-likeness (QED) is 0.640. The van der Waals surface area contributed by atoms with Gasteiger partial charge in [0.25, 0.3) is 5.91 Å². The highest BCUT2D eigenvalue weighted by Gasteiger charge is 2.27. The summed E-state index contributed by atoms with van der Waals surface area (Å²) in [4.78, 5) is 25.8. The fraction of sp³-hybridized carbons (Fsp3) is 0.300. The Balaban J connectivity index is 1.53. The summed E-state index contributed by atoms with van der Waals surface area (Å²) in [5.74, 6) is -5.83. The molecule has 0 aliphatic carbocycles. The van der Waals surface area contributed by atoms with E-state index in [1.54, 1.807) is 0 Å². The van der Waals surface area contributed by atoms with Gasteiger partial charge in [-0.05, 0) is 42.7 Å². The molecular formula is C20H18F4N2O2. The van der Waals surface area contributed by atoms with Gasteiger partial charge in [-0.3, -0.25) is 9.59 Å². The number of likely N-dealkylation sites (tertiary alicyclic amines) is 1. The zero-order valence-electron chi connectivity index (χ0n) is 14.9. The summed E-state index contributed by atoms with van der Waals surface area (Å²) in [7, 11) is 0. The van der Waals surface area contributed by atoms with Gasteiger partial charge in [-0.25, -0.2) is 17.6 Å². The lowest BCUT2D eigenvalue weighted by molar-refractivity contribution is -0.121. The zero-order chi connectivity index (χ0) is 20.3. The summed E-state index contributed by atoms with van der Waals surface area (Å²) in [6.07, 6.45) is 1.01. The van der Waals surface area contributed by atoms with Gasteiger partial charge in [0.05, 0.1) is 12.0 Å². The summed E-state index contributed by atoms with van der Waals surface area (Å²) < 4.78 is 53.0. The maximum atomic E-state index is 13.8. The van der Waals surface area contributed by atoms with Crippen LogP contribution in [0.3, 0.4) is 0 Å². The predicted octanol–water partition coefficient (Wildman–Crippen LogP) is 3.21. The lowest BCUT2D eigenvalue weighted by Crippen LogP contribution is -2.47. The van der Waals surface area contributed by atoms with Crippen LogP contribution >= 0.6 is 0 Å². The van der Waals surface area contributed by atoms with Crippen LogP contribution in [0.1, 0.15) is 28.8 Å². The second kappa shape index (κ2) is 8.41. The molecule has 1 heterocycles. The molecule has 0 bridgehead atoms. The van der Waals surface area contributed by atoms with E-state index in [2.05, 4.69) is 5.32 Å². The molecule has 0 unspecified atom stereocenters. The molecule has 1 N–H and O–H groups in total. The number of hydrogen-bond acceptors (Lipinski definition) is 2. The monoisotopic (exact) mass is 394 g/mol. The van der Waals surface area contributed by atoms with Crippen molar-refractivity contribution in [2.45, 2.75) is 25.3 Å². The lowest BCUT2D eigenvalue weighted by Gasteiger charge is -2.32. The van der Waals surface area contributed by atoms with Crippen molar-refractivity contribution in [1.82, 2.24) is 10.2 Å². The second-order valence-electron chi connectivity index (χ2n) is 6.66. The van der Waals surface area contributed by atoms with E-state index in [1.807, 2.05) is 0 Å². The molecule has 1 saturated heterocycles. The molecule has 3 rings (SSSR count). The number of nitrogens with one attached hydrogen (secondary N) is 1. The first-order chi connectivity index (χ1) is 13.3. The van der Waals surface area contributed by atoms with Crippen LogP contribution in [0.4, 0.5) is 17.6 Å². The molecule has 0 saturated carbocycles. The number of halogens is 4. The van der Waals surface area contributed by atoms with Crippen molar-refractivity contribution in [2.75, 3.05) is 13.1 Å². The normalized spacial score (nSPS) is 14.8. The first-order valence-corrected chi connectivity index (χ1v) is 8.81. The third-order valence-corrected chi connectivity index (χ3v) is 4.69. The summed E-state index contributed by atoms with van der Waals surface area (Å²) in [5, 5.41) is 2.85. The highest BCUT2D eigenvalue weighted by molar-refractivity contribution is 5.94. The van der Waals surface area contributed by atoms with Gasteiger partial charge >= 0.3 is 0 Å². The van der Waals surface area contributed by atoms with Crippen LogP contribution in [-0.4, -0.2) is 35.8 Å². The largest absolute Gasteiger partial charge is 0.353 e. The Hall–Kier alpha value is -2.90. The summed E-state index contributed by atoms with van der Waals surface area (Å²) in [6.45, 7) is 0.498. The number of nitrogens with zero attached hydrogens (tertiary/aromatic N) is 1. The van der Waals surface area contributed by atoms with Crippen LogP contribution in [0.5, 0.6) is 0 Å². The van der Waals surface area contributed by atoms with E-state index < -0.39 is 28.9 Å². The third kappa shape index (κ3) is 4.49. The van der Waals surface area contributed by atoms with Crippen molar-refractivity contribution in [3.8, 4) is 0 Å². The SMILES string of the molecule is O=C(Cc1ccc(F)cc1)NC1CCN(C(=O)c2ccc(F)c(F)c2F)CC1. The molecule has 8 heteroatoms. The Morgan fingerprint density at radius 1 is 0.929 bits per heavy atom. The van der Waals surface area contributed by atoms with Crippen LogP contribution < -0.4 is 5.32 Å². The van der Waals surface area contributed by atoms with E-state index >= 15 is 0 Å². The first kappa shape index (κ1) is 19.9. The molecule has 0 radical (unpaired) electrons. The molecule has 148 valence electrons. The van der Waals surface area contributed by atoms with Gasteiger partial charge in [0.2, 0.25) is 5.91 Å². The fourth-order valence-electron chi connectivity index (χ4n) is 3.15. The highest BCUT2D eigenvalue weighted by atomic mass is 19.2.